The van der Waals surface area contributed by atoms with E-state index in [1.54, 1.807) is 13.1 Å². The van der Waals surface area contributed by atoms with Gasteiger partial charge in [-0.2, -0.15) is 11.8 Å². The van der Waals surface area contributed by atoms with Gasteiger partial charge in [-0.05, 0) is 18.2 Å². The van der Waals surface area contributed by atoms with E-state index in [-0.39, 0.29) is 5.91 Å². The van der Waals surface area contributed by atoms with Crippen LogP contribution in [0.1, 0.15) is 24.2 Å². The van der Waals surface area contributed by atoms with Gasteiger partial charge >= 0.3 is 0 Å². The second-order valence-corrected chi connectivity index (χ2v) is 6.90. The molecule has 1 fully saturated rings. The fraction of sp³-hybridized carbons (Fsp3) is 0.500. The third-order valence-electron chi connectivity index (χ3n) is 3.28. The average molecular weight is 279 g/mol. The van der Waals surface area contributed by atoms with Gasteiger partial charge in [0.05, 0.1) is 11.4 Å². The summed E-state index contributed by atoms with van der Waals surface area (Å²) in [6.45, 7) is 6.39. The van der Waals surface area contributed by atoms with Crippen LogP contribution < -0.4 is 16.0 Å². The second kappa shape index (κ2) is 5.74. The molecule has 1 heterocycles. The van der Waals surface area contributed by atoms with Gasteiger partial charge in [0, 0.05) is 36.2 Å². The number of hydrogen-bond donors (Lipinski definition) is 2. The largest absolute Gasteiger partial charge is 0.397 e. The second-order valence-electron chi connectivity index (χ2n) is 5.02. The van der Waals surface area contributed by atoms with Gasteiger partial charge in [0.15, 0.2) is 0 Å². The van der Waals surface area contributed by atoms with E-state index in [1.165, 1.54) is 0 Å². The lowest BCUT2D eigenvalue weighted by atomic mass is 10.1. The number of thioether (sulfide) groups is 1. The predicted molar refractivity (Wildman–Crippen MR) is 83.0 cm³/mol. The standard InChI is InChI=1S/C14H21N3OS/c1-9-7-17(8-10(2)19-9)13-6-11(14(18)16-3)4-5-12(13)15/h4-6,9-10H,7-8,15H2,1-3H3,(H,16,18). The van der Waals surface area contributed by atoms with Crippen molar-refractivity contribution < 1.29 is 4.79 Å². The smallest absolute Gasteiger partial charge is 0.251 e. The van der Waals surface area contributed by atoms with Crippen LogP contribution in [0.15, 0.2) is 18.2 Å². The molecule has 104 valence electrons. The van der Waals surface area contributed by atoms with Gasteiger partial charge in [0.25, 0.3) is 5.91 Å². The molecular formula is C14H21N3OS. The van der Waals surface area contributed by atoms with Gasteiger partial charge in [0.2, 0.25) is 0 Å². The summed E-state index contributed by atoms with van der Waals surface area (Å²) in [5, 5.41) is 3.80. The predicted octanol–water partition coefficient (Wildman–Crippen LogP) is 1.96. The number of amides is 1. The van der Waals surface area contributed by atoms with Gasteiger partial charge < -0.3 is 16.0 Å². The van der Waals surface area contributed by atoms with Crippen LogP contribution in [0.25, 0.3) is 0 Å². The molecule has 1 aliphatic rings. The fourth-order valence-electron chi connectivity index (χ4n) is 2.48. The van der Waals surface area contributed by atoms with Crippen LogP contribution in [0.2, 0.25) is 0 Å². The average Bonchev–Trinajstić information content (AvgIpc) is 2.37. The maximum atomic E-state index is 11.7. The van der Waals surface area contributed by atoms with Crippen LogP contribution in [-0.2, 0) is 0 Å². The maximum absolute atomic E-state index is 11.7. The normalized spacial score (nSPS) is 23.2. The molecular weight excluding hydrogens is 258 g/mol. The highest BCUT2D eigenvalue weighted by molar-refractivity contribution is 8.00. The highest BCUT2D eigenvalue weighted by Gasteiger charge is 2.24. The number of nitrogens with two attached hydrogens (primary N) is 1. The lowest BCUT2D eigenvalue weighted by molar-refractivity contribution is 0.0963. The van der Waals surface area contributed by atoms with E-state index in [9.17, 15) is 4.79 Å². The van der Waals surface area contributed by atoms with Crippen molar-refractivity contribution in [2.45, 2.75) is 24.3 Å². The molecule has 2 unspecified atom stereocenters. The van der Waals surface area contributed by atoms with Crippen LogP contribution in [0.5, 0.6) is 0 Å². The fourth-order valence-corrected chi connectivity index (χ4v) is 3.80. The van der Waals surface area contributed by atoms with Crippen molar-refractivity contribution in [3.05, 3.63) is 23.8 Å². The molecule has 0 radical (unpaired) electrons. The minimum Gasteiger partial charge on any atom is -0.397 e. The molecule has 5 heteroatoms. The van der Waals surface area contributed by atoms with Crippen LogP contribution >= 0.6 is 11.8 Å². The van der Waals surface area contributed by atoms with Gasteiger partial charge in [-0.3, -0.25) is 4.79 Å². The van der Waals surface area contributed by atoms with Crippen molar-refractivity contribution in [3.63, 3.8) is 0 Å². The molecule has 0 aromatic heterocycles. The molecule has 19 heavy (non-hydrogen) atoms. The monoisotopic (exact) mass is 279 g/mol. The third kappa shape index (κ3) is 3.15. The number of anilines is 2. The molecule has 1 aromatic rings. The molecule has 4 nitrogen and oxygen atoms in total. The summed E-state index contributed by atoms with van der Waals surface area (Å²) in [6, 6.07) is 5.48. The zero-order valence-electron chi connectivity index (χ0n) is 11.6. The number of rotatable bonds is 2. The molecule has 1 saturated heterocycles. The summed E-state index contributed by atoms with van der Waals surface area (Å²) in [7, 11) is 1.64. The van der Waals surface area contributed by atoms with Gasteiger partial charge in [-0.15, -0.1) is 0 Å². The van der Waals surface area contributed by atoms with Crippen molar-refractivity contribution in [2.24, 2.45) is 0 Å². The van der Waals surface area contributed by atoms with Crippen molar-refractivity contribution in [1.29, 1.82) is 0 Å². The first-order chi connectivity index (χ1) is 9.01. The molecule has 1 aromatic carbocycles. The summed E-state index contributed by atoms with van der Waals surface area (Å²) >= 11 is 2.00. The highest BCUT2D eigenvalue weighted by Crippen LogP contribution is 2.32. The summed E-state index contributed by atoms with van der Waals surface area (Å²) < 4.78 is 0. The van der Waals surface area contributed by atoms with E-state index < -0.39 is 0 Å². The van der Waals surface area contributed by atoms with Gasteiger partial charge in [-0.1, -0.05) is 13.8 Å². The highest BCUT2D eigenvalue weighted by atomic mass is 32.2. The van der Waals surface area contributed by atoms with E-state index in [0.29, 0.717) is 16.1 Å². The lowest BCUT2D eigenvalue weighted by Gasteiger charge is -2.37. The Morgan fingerprint density at radius 1 is 1.37 bits per heavy atom. The third-order valence-corrected chi connectivity index (χ3v) is 4.51. The van der Waals surface area contributed by atoms with E-state index in [1.807, 2.05) is 23.9 Å². The minimum absolute atomic E-state index is 0.0752. The van der Waals surface area contributed by atoms with Crippen LogP contribution in [0.4, 0.5) is 11.4 Å². The first-order valence-corrected chi connectivity index (χ1v) is 7.47. The van der Waals surface area contributed by atoms with E-state index >= 15 is 0 Å². The Hall–Kier alpha value is -1.36. The maximum Gasteiger partial charge on any atom is 0.251 e. The Bertz CT molecular complexity index is 468. The topological polar surface area (TPSA) is 58.4 Å². The molecule has 2 rings (SSSR count). The van der Waals surface area contributed by atoms with Crippen LogP contribution in [0.3, 0.4) is 0 Å². The van der Waals surface area contributed by atoms with Gasteiger partial charge in [-0.25, -0.2) is 0 Å². The number of hydrogen-bond acceptors (Lipinski definition) is 4. The number of benzene rings is 1. The zero-order chi connectivity index (χ0) is 14.0. The summed E-state index contributed by atoms with van der Waals surface area (Å²) in [5.74, 6) is -0.0752. The summed E-state index contributed by atoms with van der Waals surface area (Å²) in [5.41, 5.74) is 8.44. The van der Waals surface area contributed by atoms with Gasteiger partial charge in [0.1, 0.15) is 0 Å². The quantitative estimate of drug-likeness (QED) is 0.813. The molecule has 1 aliphatic heterocycles. The SMILES string of the molecule is CNC(=O)c1ccc(N)c(N2CC(C)SC(C)C2)c1. The van der Waals surface area contributed by atoms with Crippen molar-refractivity contribution in [1.82, 2.24) is 5.32 Å². The molecule has 3 N–H and O–H groups in total. The number of nitrogens with one attached hydrogen (secondary N) is 1. The Balaban J connectivity index is 2.30. The Morgan fingerprint density at radius 2 is 2.00 bits per heavy atom. The molecule has 0 bridgehead atoms. The Morgan fingerprint density at radius 3 is 2.58 bits per heavy atom. The molecule has 2 atom stereocenters. The number of nitrogens with zero attached hydrogens (tertiary/aromatic N) is 1. The van der Waals surface area contributed by atoms with Crippen molar-refractivity contribution in [2.75, 3.05) is 30.8 Å². The van der Waals surface area contributed by atoms with Crippen LogP contribution in [0, 0.1) is 0 Å². The lowest BCUT2D eigenvalue weighted by Crippen LogP contribution is -2.40. The van der Waals surface area contributed by atoms with E-state index in [2.05, 4.69) is 24.1 Å². The van der Waals surface area contributed by atoms with Crippen LogP contribution in [-0.4, -0.2) is 36.5 Å². The number of nitrogen functional groups attached to an aromatic ring is 1. The Kier molecular flexibility index (Phi) is 4.24. The molecule has 0 spiro atoms. The zero-order valence-corrected chi connectivity index (χ0v) is 12.5. The first-order valence-electron chi connectivity index (χ1n) is 6.53. The minimum atomic E-state index is -0.0752. The molecule has 0 aliphatic carbocycles. The van der Waals surface area contributed by atoms with Crippen molar-refractivity contribution in [3.8, 4) is 0 Å². The molecule has 0 saturated carbocycles. The van der Waals surface area contributed by atoms with Crippen molar-refractivity contribution >= 4 is 29.0 Å². The molecule has 1 amide bonds. The number of carbonyl (C=O) groups excluding carboxylic acids is 1. The van der Waals surface area contributed by atoms with E-state index in [0.717, 1.165) is 24.5 Å². The summed E-state index contributed by atoms with van der Waals surface area (Å²) in [4.78, 5) is 14.0. The first kappa shape index (κ1) is 14.1. The number of carbonyl (C=O) groups is 1. The van der Waals surface area contributed by atoms with E-state index in [4.69, 9.17) is 5.73 Å². The summed E-state index contributed by atoms with van der Waals surface area (Å²) in [6.07, 6.45) is 0. The Labute approximate surface area is 118 Å².